The summed E-state index contributed by atoms with van der Waals surface area (Å²) in [4.78, 5) is 7.11. The first-order chi connectivity index (χ1) is 8.90. The van der Waals surface area contributed by atoms with Crippen LogP contribution in [0.15, 0.2) is 36.5 Å². The zero-order chi connectivity index (χ0) is 12.4. The molecule has 0 spiro atoms. The third kappa shape index (κ3) is 2.12. The molecule has 2 aromatic rings. The van der Waals surface area contributed by atoms with E-state index in [4.69, 9.17) is 0 Å². The van der Waals surface area contributed by atoms with Crippen LogP contribution in [0.3, 0.4) is 0 Å². The first-order valence-electron chi connectivity index (χ1n) is 6.56. The van der Waals surface area contributed by atoms with Gasteiger partial charge >= 0.3 is 0 Å². The fourth-order valence-electron chi connectivity index (χ4n) is 2.58. The number of fused-ring (bicyclic) bond motifs is 1. The third-order valence-electron chi connectivity index (χ3n) is 3.77. The Morgan fingerprint density at radius 1 is 1.22 bits per heavy atom. The Morgan fingerprint density at radius 3 is 2.78 bits per heavy atom. The fourth-order valence-corrected chi connectivity index (χ4v) is 2.97. The molecule has 1 aliphatic rings. The van der Waals surface area contributed by atoms with Crippen LogP contribution in [0.1, 0.15) is 19.3 Å². The molecule has 1 aliphatic carbocycles. The molecule has 1 aromatic heterocycles. The van der Waals surface area contributed by atoms with Gasteiger partial charge in [-0.15, -0.1) is 0 Å². The van der Waals surface area contributed by atoms with Gasteiger partial charge in [0.15, 0.2) is 0 Å². The van der Waals surface area contributed by atoms with E-state index in [-0.39, 0.29) is 0 Å². The quantitative estimate of drug-likeness (QED) is 0.794. The van der Waals surface area contributed by atoms with Gasteiger partial charge in [0.25, 0.3) is 0 Å². The van der Waals surface area contributed by atoms with Gasteiger partial charge in [0.05, 0.1) is 0 Å². The number of rotatable bonds is 4. The molecule has 1 aromatic carbocycles. The van der Waals surface area contributed by atoms with E-state index in [9.17, 15) is 0 Å². The molecule has 0 unspecified atom stereocenters. The van der Waals surface area contributed by atoms with Crippen molar-refractivity contribution < 1.29 is 0 Å². The van der Waals surface area contributed by atoms with E-state index in [1.165, 1.54) is 30.0 Å². The van der Waals surface area contributed by atoms with Crippen molar-refractivity contribution in [3.63, 3.8) is 0 Å². The number of halogens is 1. The number of nitrogens with zero attached hydrogens (tertiary/aromatic N) is 2. The van der Waals surface area contributed by atoms with Crippen molar-refractivity contribution in [2.24, 2.45) is 0 Å². The summed E-state index contributed by atoms with van der Waals surface area (Å²) in [5, 5.41) is 3.54. The van der Waals surface area contributed by atoms with Crippen LogP contribution in [-0.2, 0) is 0 Å². The van der Waals surface area contributed by atoms with Gasteiger partial charge in [-0.2, -0.15) is 0 Å². The van der Waals surface area contributed by atoms with Crippen LogP contribution in [-0.4, -0.2) is 22.9 Å². The Hall–Kier alpha value is -1.09. The average molecular weight is 305 g/mol. The Kier molecular flexibility index (Phi) is 3.50. The minimum atomic E-state index is 0.681. The lowest BCUT2D eigenvalue weighted by atomic mass is 9.91. The van der Waals surface area contributed by atoms with Gasteiger partial charge in [-0.05, 0) is 30.7 Å². The molecule has 2 nitrogen and oxygen atoms in total. The van der Waals surface area contributed by atoms with Gasteiger partial charge in [-0.1, -0.05) is 40.2 Å². The number of alkyl halides is 1. The molecular formula is C15H17BrN2. The lowest BCUT2D eigenvalue weighted by molar-refractivity contribution is 0.390. The molecule has 0 bridgehead atoms. The second kappa shape index (κ2) is 5.27. The summed E-state index contributed by atoms with van der Waals surface area (Å²) in [6.45, 7) is 1.03. The van der Waals surface area contributed by atoms with Gasteiger partial charge in [0.1, 0.15) is 5.82 Å². The first kappa shape index (κ1) is 12.0. The summed E-state index contributed by atoms with van der Waals surface area (Å²) < 4.78 is 0. The molecule has 0 saturated heterocycles. The number of hydrogen-bond acceptors (Lipinski definition) is 2. The standard InChI is InChI=1S/C15H17BrN2/c16-9-11-18(13-5-3-6-13)15-14-7-2-1-4-12(14)8-10-17-15/h1-2,4,7-8,10,13H,3,5-6,9,11H2. The van der Waals surface area contributed by atoms with E-state index in [2.05, 4.69) is 56.1 Å². The van der Waals surface area contributed by atoms with Crippen LogP contribution in [0, 0.1) is 0 Å². The van der Waals surface area contributed by atoms with Crippen molar-refractivity contribution in [3.05, 3.63) is 36.5 Å². The summed E-state index contributed by atoms with van der Waals surface area (Å²) >= 11 is 3.56. The van der Waals surface area contributed by atoms with Gasteiger partial charge in [-0.3, -0.25) is 0 Å². The summed E-state index contributed by atoms with van der Waals surface area (Å²) in [7, 11) is 0. The maximum Gasteiger partial charge on any atom is 0.136 e. The highest BCUT2D eigenvalue weighted by molar-refractivity contribution is 9.09. The summed E-state index contributed by atoms with van der Waals surface area (Å²) in [6, 6.07) is 11.3. The summed E-state index contributed by atoms with van der Waals surface area (Å²) in [5.41, 5.74) is 0. The highest BCUT2D eigenvalue weighted by Crippen LogP contribution is 2.32. The Labute approximate surface area is 116 Å². The number of hydrogen-bond donors (Lipinski definition) is 0. The molecule has 94 valence electrons. The Bertz CT molecular complexity index is 532. The maximum absolute atomic E-state index is 4.63. The average Bonchev–Trinajstić information content (AvgIpc) is 2.35. The van der Waals surface area contributed by atoms with Crippen molar-refractivity contribution in [3.8, 4) is 0 Å². The van der Waals surface area contributed by atoms with E-state index in [0.29, 0.717) is 6.04 Å². The van der Waals surface area contributed by atoms with E-state index >= 15 is 0 Å². The first-order valence-corrected chi connectivity index (χ1v) is 7.68. The maximum atomic E-state index is 4.63. The zero-order valence-electron chi connectivity index (χ0n) is 10.3. The van der Waals surface area contributed by atoms with Crippen LogP contribution in [0.4, 0.5) is 5.82 Å². The molecule has 0 radical (unpaired) electrons. The molecule has 1 fully saturated rings. The molecule has 0 aliphatic heterocycles. The summed E-state index contributed by atoms with van der Waals surface area (Å²) in [5.74, 6) is 1.15. The topological polar surface area (TPSA) is 16.1 Å². The van der Waals surface area contributed by atoms with Crippen LogP contribution < -0.4 is 4.90 Å². The molecule has 3 rings (SSSR count). The molecule has 0 atom stereocenters. The number of benzene rings is 1. The normalized spacial score (nSPS) is 15.6. The van der Waals surface area contributed by atoms with Crippen LogP contribution in [0.2, 0.25) is 0 Å². The Balaban J connectivity index is 2.04. The Morgan fingerprint density at radius 2 is 2.06 bits per heavy atom. The van der Waals surface area contributed by atoms with Crippen LogP contribution >= 0.6 is 15.9 Å². The SMILES string of the molecule is BrCCN(c1nccc2ccccc12)C1CCC1. The van der Waals surface area contributed by atoms with E-state index in [0.717, 1.165) is 17.7 Å². The van der Waals surface area contributed by atoms with Crippen molar-refractivity contribution in [1.29, 1.82) is 0 Å². The highest BCUT2D eigenvalue weighted by atomic mass is 79.9. The molecule has 1 heterocycles. The van der Waals surface area contributed by atoms with Crippen molar-refractivity contribution in [2.75, 3.05) is 16.8 Å². The summed E-state index contributed by atoms with van der Waals surface area (Å²) in [6.07, 6.45) is 5.89. The van der Waals surface area contributed by atoms with Gasteiger partial charge in [-0.25, -0.2) is 4.98 Å². The number of pyridine rings is 1. The second-order valence-corrected chi connectivity index (χ2v) is 5.62. The predicted octanol–water partition coefficient (Wildman–Crippen LogP) is 3.99. The van der Waals surface area contributed by atoms with Crippen molar-refractivity contribution in [1.82, 2.24) is 4.98 Å². The van der Waals surface area contributed by atoms with E-state index in [1.54, 1.807) is 0 Å². The molecule has 0 N–H and O–H groups in total. The van der Waals surface area contributed by atoms with E-state index in [1.807, 2.05) is 6.20 Å². The largest absolute Gasteiger partial charge is 0.352 e. The number of aromatic nitrogens is 1. The minimum Gasteiger partial charge on any atom is -0.352 e. The lowest BCUT2D eigenvalue weighted by Crippen LogP contribution is -2.42. The smallest absolute Gasteiger partial charge is 0.136 e. The fraction of sp³-hybridized carbons (Fsp3) is 0.400. The zero-order valence-corrected chi connectivity index (χ0v) is 11.9. The third-order valence-corrected chi connectivity index (χ3v) is 4.12. The minimum absolute atomic E-state index is 0.681. The van der Waals surface area contributed by atoms with Crippen LogP contribution in [0.25, 0.3) is 10.8 Å². The van der Waals surface area contributed by atoms with E-state index < -0.39 is 0 Å². The second-order valence-electron chi connectivity index (χ2n) is 4.82. The predicted molar refractivity (Wildman–Crippen MR) is 80.5 cm³/mol. The molecule has 18 heavy (non-hydrogen) atoms. The van der Waals surface area contributed by atoms with Crippen LogP contribution in [0.5, 0.6) is 0 Å². The molecule has 3 heteroatoms. The lowest BCUT2D eigenvalue weighted by Gasteiger charge is -2.38. The number of anilines is 1. The molecule has 1 saturated carbocycles. The highest BCUT2D eigenvalue weighted by Gasteiger charge is 2.26. The molecular weight excluding hydrogens is 288 g/mol. The molecule has 0 amide bonds. The van der Waals surface area contributed by atoms with Gasteiger partial charge in [0, 0.05) is 29.5 Å². The van der Waals surface area contributed by atoms with Crippen molar-refractivity contribution >= 4 is 32.5 Å². The van der Waals surface area contributed by atoms with Crippen molar-refractivity contribution in [2.45, 2.75) is 25.3 Å². The monoisotopic (exact) mass is 304 g/mol. The van der Waals surface area contributed by atoms with Gasteiger partial charge in [0.2, 0.25) is 0 Å². The van der Waals surface area contributed by atoms with Gasteiger partial charge < -0.3 is 4.90 Å².